The van der Waals surface area contributed by atoms with E-state index in [1.807, 2.05) is 4.90 Å². The lowest BCUT2D eigenvalue weighted by Gasteiger charge is -2.35. The Labute approximate surface area is 84.5 Å². The van der Waals surface area contributed by atoms with Crippen molar-refractivity contribution >= 4 is 12.2 Å². The maximum atomic E-state index is 11.2. The van der Waals surface area contributed by atoms with Crippen molar-refractivity contribution in [1.29, 1.82) is 0 Å². The van der Waals surface area contributed by atoms with Crippen LogP contribution >= 0.6 is 0 Å². The molecule has 0 aromatic rings. The second-order valence-electron chi connectivity index (χ2n) is 4.55. The monoisotopic (exact) mass is 195 g/mol. The first-order valence-electron chi connectivity index (χ1n) is 5.43. The Morgan fingerprint density at radius 1 is 1.36 bits per heavy atom. The lowest BCUT2D eigenvalue weighted by Crippen LogP contribution is -2.42. The van der Waals surface area contributed by atoms with Crippen LogP contribution in [0.5, 0.6) is 0 Å². The summed E-state index contributed by atoms with van der Waals surface area (Å²) in [5.41, 5.74) is 0. The lowest BCUT2D eigenvalue weighted by molar-refractivity contribution is -0.131. The molecule has 0 aromatic carbocycles. The smallest absolute Gasteiger partial charge is 0.219 e. The molecule has 3 heteroatoms. The fourth-order valence-corrected chi connectivity index (χ4v) is 2.99. The molecule has 3 atom stereocenters. The van der Waals surface area contributed by atoms with Gasteiger partial charge in [-0.2, -0.15) is 0 Å². The van der Waals surface area contributed by atoms with Gasteiger partial charge in [0.1, 0.15) is 6.29 Å². The molecule has 0 bridgehead atoms. The van der Waals surface area contributed by atoms with Crippen molar-refractivity contribution in [3.63, 3.8) is 0 Å². The van der Waals surface area contributed by atoms with Gasteiger partial charge in [0.2, 0.25) is 5.91 Å². The van der Waals surface area contributed by atoms with E-state index in [1.54, 1.807) is 6.92 Å². The number of likely N-dealkylation sites (tertiary alicyclic amines) is 1. The molecule has 0 radical (unpaired) electrons. The largest absolute Gasteiger partial charge is 0.343 e. The van der Waals surface area contributed by atoms with E-state index in [1.165, 1.54) is 0 Å². The Bertz CT molecular complexity index is 252. The highest BCUT2D eigenvalue weighted by Gasteiger charge is 2.39. The Kier molecular flexibility index (Phi) is 2.57. The van der Waals surface area contributed by atoms with Gasteiger partial charge < -0.3 is 9.69 Å². The first-order valence-corrected chi connectivity index (χ1v) is 5.43. The fourth-order valence-electron chi connectivity index (χ4n) is 2.99. The van der Waals surface area contributed by atoms with Crippen LogP contribution in [0.25, 0.3) is 0 Å². The molecule has 1 amide bonds. The molecule has 1 aliphatic heterocycles. The van der Waals surface area contributed by atoms with Gasteiger partial charge in [-0.3, -0.25) is 4.79 Å². The van der Waals surface area contributed by atoms with E-state index >= 15 is 0 Å². The van der Waals surface area contributed by atoms with Gasteiger partial charge in [-0.05, 0) is 31.1 Å². The first-order chi connectivity index (χ1) is 6.72. The number of hydrogen-bond acceptors (Lipinski definition) is 2. The zero-order valence-electron chi connectivity index (χ0n) is 8.61. The fraction of sp³-hybridized carbons (Fsp3) is 0.818. The van der Waals surface area contributed by atoms with Crippen molar-refractivity contribution in [2.75, 3.05) is 13.1 Å². The van der Waals surface area contributed by atoms with Crippen LogP contribution in [0.1, 0.15) is 26.2 Å². The molecule has 3 nitrogen and oxygen atoms in total. The summed E-state index contributed by atoms with van der Waals surface area (Å²) in [5.74, 6) is 1.60. The topological polar surface area (TPSA) is 37.4 Å². The molecule has 2 aliphatic rings. The van der Waals surface area contributed by atoms with Crippen molar-refractivity contribution in [1.82, 2.24) is 4.90 Å². The van der Waals surface area contributed by atoms with Gasteiger partial charge >= 0.3 is 0 Å². The van der Waals surface area contributed by atoms with Crippen LogP contribution < -0.4 is 0 Å². The first kappa shape index (κ1) is 9.69. The molecule has 1 saturated carbocycles. The van der Waals surface area contributed by atoms with Gasteiger partial charge in [-0.1, -0.05) is 0 Å². The van der Waals surface area contributed by atoms with Crippen molar-refractivity contribution in [3.8, 4) is 0 Å². The van der Waals surface area contributed by atoms with Gasteiger partial charge in [-0.25, -0.2) is 0 Å². The van der Waals surface area contributed by atoms with Crippen LogP contribution in [-0.4, -0.2) is 30.2 Å². The number of carbonyl (C=O) groups is 2. The Morgan fingerprint density at radius 2 is 2.14 bits per heavy atom. The van der Waals surface area contributed by atoms with Gasteiger partial charge in [0.25, 0.3) is 0 Å². The number of hydrogen-bond donors (Lipinski definition) is 0. The molecule has 1 heterocycles. The average molecular weight is 195 g/mol. The summed E-state index contributed by atoms with van der Waals surface area (Å²) in [6.45, 7) is 3.36. The SMILES string of the molecule is CC(=O)N1CC[C@H]2[C@H](CC[C@@H]2C=O)C1. The number of piperidine rings is 1. The molecule has 14 heavy (non-hydrogen) atoms. The molecule has 78 valence electrons. The number of amides is 1. The van der Waals surface area contributed by atoms with Crippen molar-refractivity contribution in [2.45, 2.75) is 26.2 Å². The summed E-state index contributed by atoms with van der Waals surface area (Å²) in [6, 6.07) is 0. The zero-order chi connectivity index (χ0) is 10.1. The third-order valence-corrected chi connectivity index (χ3v) is 3.83. The summed E-state index contributed by atoms with van der Waals surface area (Å²) < 4.78 is 0. The summed E-state index contributed by atoms with van der Waals surface area (Å²) in [5, 5.41) is 0. The maximum Gasteiger partial charge on any atom is 0.219 e. The van der Waals surface area contributed by atoms with Crippen LogP contribution in [-0.2, 0) is 9.59 Å². The highest BCUT2D eigenvalue weighted by Crippen LogP contribution is 2.41. The van der Waals surface area contributed by atoms with Crippen LogP contribution in [0.2, 0.25) is 0 Å². The highest BCUT2D eigenvalue weighted by molar-refractivity contribution is 5.73. The van der Waals surface area contributed by atoms with E-state index in [0.717, 1.165) is 38.6 Å². The van der Waals surface area contributed by atoms with Gasteiger partial charge in [0.05, 0.1) is 0 Å². The quantitative estimate of drug-likeness (QED) is 0.587. The summed E-state index contributed by atoms with van der Waals surface area (Å²) in [6.07, 6.45) is 4.30. The van der Waals surface area contributed by atoms with Crippen LogP contribution in [0.15, 0.2) is 0 Å². The zero-order valence-corrected chi connectivity index (χ0v) is 8.61. The molecule has 0 aromatic heterocycles. The Balaban J connectivity index is 2.00. The van der Waals surface area contributed by atoms with E-state index in [0.29, 0.717) is 11.8 Å². The summed E-state index contributed by atoms with van der Waals surface area (Å²) in [4.78, 5) is 23.9. The van der Waals surface area contributed by atoms with E-state index in [-0.39, 0.29) is 11.8 Å². The van der Waals surface area contributed by atoms with Crippen molar-refractivity contribution in [3.05, 3.63) is 0 Å². The number of rotatable bonds is 1. The number of nitrogens with zero attached hydrogens (tertiary/aromatic N) is 1. The number of fused-ring (bicyclic) bond motifs is 1. The minimum Gasteiger partial charge on any atom is -0.343 e. The molecule has 0 unspecified atom stereocenters. The number of aldehydes is 1. The summed E-state index contributed by atoms with van der Waals surface area (Å²) in [7, 11) is 0. The molecular formula is C11H17NO2. The third-order valence-electron chi connectivity index (χ3n) is 3.83. The second-order valence-corrected chi connectivity index (χ2v) is 4.55. The third kappa shape index (κ3) is 1.56. The van der Waals surface area contributed by atoms with Crippen LogP contribution in [0, 0.1) is 17.8 Å². The second kappa shape index (κ2) is 3.71. The minimum atomic E-state index is 0.179. The van der Waals surface area contributed by atoms with E-state index in [4.69, 9.17) is 0 Å². The molecule has 1 saturated heterocycles. The van der Waals surface area contributed by atoms with E-state index in [2.05, 4.69) is 0 Å². The predicted molar refractivity (Wildman–Crippen MR) is 52.6 cm³/mol. The maximum absolute atomic E-state index is 11.2. The van der Waals surface area contributed by atoms with Crippen molar-refractivity contribution < 1.29 is 9.59 Å². The van der Waals surface area contributed by atoms with E-state index in [9.17, 15) is 9.59 Å². The minimum absolute atomic E-state index is 0.179. The molecule has 1 aliphatic carbocycles. The summed E-state index contributed by atoms with van der Waals surface area (Å²) >= 11 is 0. The van der Waals surface area contributed by atoms with Gasteiger partial charge in [-0.15, -0.1) is 0 Å². The lowest BCUT2D eigenvalue weighted by atomic mass is 9.84. The predicted octanol–water partition coefficient (Wildman–Crippen LogP) is 1.08. The highest BCUT2D eigenvalue weighted by atomic mass is 16.2. The standard InChI is InChI=1S/C11H17NO2/c1-8(14)12-5-4-11-9(6-12)2-3-10(11)7-13/h7,9-11H,2-6H2,1H3/t9-,10-,11+/m1/s1. The van der Waals surface area contributed by atoms with Gasteiger partial charge in [0, 0.05) is 25.9 Å². The molecule has 2 fully saturated rings. The normalized spacial score (nSPS) is 36.6. The average Bonchev–Trinajstić information content (AvgIpc) is 2.59. The number of carbonyl (C=O) groups excluding carboxylic acids is 2. The van der Waals surface area contributed by atoms with Crippen LogP contribution in [0.4, 0.5) is 0 Å². The van der Waals surface area contributed by atoms with Crippen molar-refractivity contribution in [2.24, 2.45) is 17.8 Å². The Morgan fingerprint density at radius 3 is 2.79 bits per heavy atom. The molecule has 0 spiro atoms. The van der Waals surface area contributed by atoms with Crippen LogP contribution in [0.3, 0.4) is 0 Å². The Hall–Kier alpha value is -0.860. The molecular weight excluding hydrogens is 178 g/mol. The molecule has 2 rings (SSSR count). The molecule has 0 N–H and O–H groups in total. The van der Waals surface area contributed by atoms with E-state index < -0.39 is 0 Å². The van der Waals surface area contributed by atoms with Gasteiger partial charge in [0.15, 0.2) is 0 Å².